The molecule has 1 unspecified atom stereocenters. The third-order valence-electron chi connectivity index (χ3n) is 5.39. The molecule has 0 spiro atoms. The Balaban J connectivity index is 1.41. The van der Waals surface area contributed by atoms with Crippen LogP contribution in [-0.2, 0) is 4.79 Å². The molecule has 1 fully saturated rings. The van der Waals surface area contributed by atoms with E-state index in [4.69, 9.17) is 4.74 Å². The van der Waals surface area contributed by atoms with E-state index in [0.717, 1.165) is 52.6 Å². The molecule has 0 radical (unpaired) electrons. The fraction of sp³-hybridized carbons (Fsp3) is 0.409. The molecule has 152 valence electrons. The number of aromatic amines is 1. The van der Waals surface area contributed by atoms with Gasteiger partial charge in [0, 0.05) is 32.4 Å². The number of rotatable bonds is 4. The number of benzene rings is 1. The maximum Gasteiger partial charge on any atom is 0.263 e. The lowest BCUT2D eigenvalue weighted by Gasteiger charge is -2.36. The summed E-state index contributed by atoms with van der Waals surface area (Å²) in [5, 5.41) is 1.02. The molecule has 1 N–H and O–H groups in total. The number of hydrogen-bond donors (Lipinski definition) is 1. The average Bonchev–Trinajstić information content (AvgIpc) is 3.18. The number of hydrogen-bond acceptors (Lipinski definition) is 5. The molecule has 2 aromatic heterocycles. The molecular weight excluding hydrogens is 366 g/mol. The predicted octanol–water partition coefficient (Wildman–Crippen LogP) is 3.00. The van der Waals surface area contributed by atoms with Gasteiger partial charge in [0.15, 0.2) is 6.10 Å². The molecule has 1 amide bonds. The topological polar surface area (TPSA) is 74.3 Å². The average molecular weight is 393 g/mol. The van der Waals surface area contributed by atoms with Gasteiger partial charge in [0.2, 0.25) is 0 Å². The normalized spacial score (nSPS) is 15.6. The van der Waals surface area contributed by atoms with Gasteiger partial charge in [-0.1, -0.05) is 12.1 Å². The summed E-state index contributed by atoms with van der Waals surface area (Å²) in [6.45, 7) is 10.5. The second-order valence-corrected chi connectivity index (χ2v) is 7.68. The Morgan fingerprint density at radius 2 is 1.86 bits per heavy atom. The number of nitrogens with one attached hydrogen (secondary N) is 1. The van der Waals surface area contributed by atoms with Crippen LogP contribution in [-0.4, -0.2) is 58.0 Å². The molecule has 1 saturated heterocycles. The number of amides is 1. The van der Waals surface area contributed by atoms with Crippen LogP contribution in [0.25, 0.3) is 11.0 Å². The Kier molecular flexibility index (Phi) is 5.13. The summed E-state index contributed by atoms with van der Waals surface area (Å²) >= 11 is 0. The maximum atomic E-state index is 12.9. The molecule has 1 aliphatic heterocycles. The Bertz CT molecular complexity index is 1040. The van der Waals surface area contributed by atoms with Crippen molar-refractivity contribution in [3.63, 3.8) is 0 Å². The van der Waals surface area contributed by atoms with Crippen LogP contribution < -0.4 is 9.64 Å². The van der Waals surface area contributed by atoms with E-state index in [2.05, 4.69) is 19.9 Å². The highest BCUT2D eigenvalue weighted by Crippen LogP contribution is 2.25. The van der Waals surface area contributed by atoms with Crippen molar-refractivity contribution >= 4 is 22.8 Å². The van der Waals surface area contributed by atoms with E-state index in [1.807, 2.05) is 63.1 Å². The summed E-state index contributed by atoms with van der Waals surface area (Å²) in [5.41, 5.74) is 3.01. The highest BCUT2D eigenvalue weighted by molar-refractivity contribution is 5.88. The van der Waals surface area contributed by atoms with Gasteiger partial charge in [0.25, 0.3) is 5.91 Å². The Hall–Kier alpha value is -3.09. The van der Waals surface area contributed by atoms with Crippen LogP contribution in [0.1, 0.15) is 23.9 Å². The summed E-state index contributed by atoms with van der Waals surface area (Å²) < 4.78 is 5.99. The fourth-order valence-corrected chi connectivity index (χ4v) is 3.75. The zero-order valence-electron chi connectivity index (χ0n) is 17.4. The summed E-state index contributed by atoms with van der Waals surface area (Å²) in [6, 6.07) is 8.05. The second-order valence-electron chi connectivity index (χ2n) is 7.68. The van der Waals surface area contributed by atoms with E-state index in [-0.39, 0.29) is 5.91 Å². The van der Waals surface area contributed by atoms with Gasteiger partial charge in [-0.25, -0.2) is 9.97 Å². The SMILES string of the molecule is Cc1ccc(C)c(OC(C)C(=O)N2CCN(c3nc(C)nc4[nH]ccc34)CC2)c1. The van der Waals surface area contributed by atoms with Crippen LogP contribution in [0.5, 0.6) is 5.75 Å². The minimum Gasteiger partial charge on any atom is -0.481 e. The van der Waals surface area contributed by atoms with Gasteiger partial charge >= 0.3 is 0 Å². The van der Waals surface area contributed by atoms with Crippen molar-refractivity contribution in [2.24, 2.45) is 0 Å². The van der Waals surface area contributed by atoms with E-state index >= 15 is 0 Å². The van der Waals surface area contributed by atoms with E-state index in [1.165, 1.54) is 0 Å². The monoisotopic (exact) mass is 393 g/mol. The number of aryl methyl sites for hydroxylation is 3. The van der Waals surface area contributed by atoms with E-state index in [9.17, 15) is 4.79 Å². The van der Waals surface area contributed by atoms with E-state index in [0.29, 0.717) is 13.1 Å². The molecule has 0 saturated carbocycles. The Morgan fingerprint density at radius 1 is 1.10 bits per heavy atom. The van der Waals surface area contributed by atoms with Gasteiger partial charge in [-0.15, -0.1) is 0 Å². The largest absolute Gasteiger partial charge is 0.481 e. The number of aromatic nitrogens is 3. The highest BCUT2D eigenvalue weighted by Gasteiger charge is 2.27. The van der Waals surface area contributed by atoms with Crippen LogP contribution in [0.4, 0.5) is 5.82 Å². The molecule has 29 heavy (non-hydrogen) atoms. The molecule has 3 heterocycles. The minimum absolute atomic E-state index is 0.0243. The summed E-state index contributed by atoms with van der Waals surface area (Å²) in [4.78, 5) is 29.3. The summed E-state index contributed by atoms with van der Waals surface area (Å²) in [5.74, 6) is 2.47. The number of fused-ring (bicyclic) bond motifs is 1. The first-order valence-corrected chi connectivity index (χ1v) is 10.0. The summed E-state index contributed by atoms with van der Waals surface area (Å²) in [7, 11) is 0. The van der Waals surface area contributed by atoms with Crippen molar-refractivity contribution in [2.75, 3.05) is 31.1 Å². The van der Waals surface area contributed by atoms with Crippen molar-refractivity contribution in [3.05, 3.63) is 47.4 Å². The quantitative estimate of drug-likeness (QED) is 0.738. The molecule has 0 bridgehead atoms. The first-order valence-electron chi connectivity index (χ1n) is 10.0. The second kappa shape index (κ2) is 7.73. The lowest BCUT2D eigenvalue weighted by molar-refractivity contribution is -0.138. The Morgan fingerprint density at radius 3 is 2.62 bits per heavy atom. The molecule has 3 aromatic rings. The third kappa shape index (κ3) is 3.90. The van der Waals surface area contributed by atoms with Gasteiger partial charge in [0.1, 0.15) is 23.0 Å². The lowest BCUT2D eigenvalue weighted by Crippen LogP contribution is -2.52. The van der Waals surface area contributed by atoms with E-state index < -0.39 is 6.10 Å². The number of carbonyl (C=O) groups is 1. The number of carbonyl (C=O) groups excluding carboxylic acids is 1. The zero-order valence-corrected chi connectivity index (χ0v) is 17.4. The van der Waals surface area contributed by atoms with Crippen molar-refractivity contribution in [1.82, 2.24) is 19.9 Å². The smallest absolute Gasteiger partial charge is 0.263 e. The first kappa shape index (κ1) is 19.2. The standard InChI is InChI=1S/C22H27N5O2/c1-14-5-6-15(2)19(13-14)29-16(3)22(28)27-11-9-26(10-12-27)21-18-7-8-23-20(18)24-17(4)25-21/h5-8,13,16H,9-12H2,1-4H3,(H,23,24,25). The number of H-pyrrole nitrogens is 1. The van der Waals surface area contributed by atoms with Crippen molar-refractivity contribution in [1.29, 1.82) is 0 Å². The van der Waals surface area contributed by atoms with Crippen molar-refractivity contribution in [3.8, 4) is 5.75 Å². The van der Waals surface area contributed by atoms with Crippen molar-refractivity contribution in [2.45, 2.75) is 33.8 Å². The molecule has 7 heteroatoms. The molecule has 1 atom stereocenters. The van der Waals surface area contributed by atoms with Crippen LogP contribution in [0.3, 0.4) is 0 Å². The van der Waals surface area contributed by atoms with Gasteiger partial charge < -0.3 is 19.5 Å². The number of anilines is 1. The Labute approximate surface area is 170 Å². The van der Waals surface area contributed by atoms with Gasteiger partial charge in [-0.05, 0) is 51.0 Å². The van der Waals surface area contributed by atoms with Gasteiger partial charge in [-0.2, -0.15) is 0 Å². The number of ether oxygens (including phenoxy) is 1. The van der Waals surface area contributed by atoms with Gasteiger partial charge in [0.05, 0.1) is 5.39 Å². The highest BCUT2D eigenvalue weighted by atomic mass is 16.5. The fourth-order valence-electron chi connectivity index (χ4n) is 3.75. The molecule has 1 aliphatic rings. The number of piperazine rings is 1. The van der Waals surface area contributed by atoms with E-state index in [1.54, 1.807) is 0 Å². The van der Waals surface area contributed by atoms with Crippen LogP contribution in [0.15, 0.2) is 30.5 Å². The lowest BCUT2D eigenvalue weighted by atomic mass is 10.1. The molecule has 0 aliphatic carbocycles. The minimum atomic E-state index is -0.514. The molecule has 1 aromatic carbocycles. The van der Waals surface area contributed by atoms with Crippen LogP contribution >= 0.6 is 0 Å². The number of nitrogens with zero attached hydrogens (tertiary/aromatic N) is 4. The van der Waals surface area contributed by atoms with Gasteiger partial charge in [-0.3, -0.25) is 4.79 Å². The first-order chi connectivity index (χ1) is 13.9. The summed E-state index contributed by atoms with van der Waals surface area (Å²) in [6.07, 6.45) is 1.37. The zero-order chi connectivity index (χ0) is 20.5. The van der Waals surface area contributed by atoms with Crippen LogP contribution in [0.2, 0.25) is 0 Å². The van der Waals surface area contributed by atoms with Crippen LogP contribution in [0, 0.1) is 20.8 Å². The molecule has 7 nitrogen and oxygen atoms in total. The third-order valence-corrected chi connectivity index (χ3v) is 5.39. The molecule has 4 rings (SSSR count). The predicted molar refractivity (Wildman–Crippen MR) is 113 cm³/mol. The maximum absolute atomic E-state index is 12.9. The van der Waals surface area contributed by atoms with Crippen molar-refractivity contribution < 1.29 is 9.53 Å². The molecular formula is C22H27N5O2.